The van der Waals surface area contributed by atoms with E-state index in [0.717, 1.165) is 18.4 Å². The number of oxime groups is 1. The molecule has 0 saturated carbocycles. The fourth-order valence-corrected chi connectivity index (χ4v) is 6.75. The Morgan fingerprint density at radius 2 is 1.56 bits per heavy atom. The first-order valence-corrected chi connectivity index (χ1v) is 15.8. The van der Waals surface area contributed by atoms with E-state index in [1.54, 1.807) is 62.3 Å². The van der Waals surface area contributed by atoms with Crippen molar-refractivity contribution in [3.8, 4) is 0 Å². The number of quaternary nitrogens is 1. The van der Waals surface area contributed by atoms with Crippen LogP contribution in [-0.4, -0.2) is 102 Å². The smallest absolute Gasteiger partial charge is 0.413 e. The normalized spacial score (nSPS) is 23.8. The summed E-state index contributed by atoms with van der Waals surface area (Å²) >= 11 is 0.939. The van der Waals surface area contributed by atoms with E-state index in [1.165, 1.54) is 19.2 Å². The number of carbonyl (C=O) groups excluding carboxylic acids is 6. The number of rotatable bonds is 9. The number of nitrogens with one attached hydrogen (secondary N) is 2. The predicted molar refractivity (Wildman–Crippen MR) is 167 cm³/mol. The number of likely N-dealkylation sites (tertiary alicyclic amines) is 1. The van der Waals surface area contributed by atoms with Crippen molar-refractivity contribution in [2.24, 2.45) is 5.16 Å². The number of thiazole rings is 1. The van der Waals surface area contributed by atoms with Crippen LogP contribution in [0.15, 0.2) is 10.5 Å². The van der Waals surface area contributed by atoms with E-state index in [-0.39, 0.29) is 21.2 Å². The van der Waals surface area contributed by atoms with E-state index in [0.29, 0.717) is 0 Å². The first-order valence-electron chi connectivity index (χ1n) is 14.0. The summed E-state index contributed by atoms with van der Waals surface area (Å²) in [4.78, 5) is 87.8. The predicted octanol–water partition coefficient (Wildman–Crippen LogP) is 1.36. The molecule has 1 aromatic rings. The van der Waals surface area contributed by atoms with Gasteiger partial charge in [-0.05, 0) is 69.2 Å². The summed E-state index contributed by atoms with van der Waals surface area (Å²) in [6, 6.07) is 0. The number of hydrogen-bond acceptors (Lipinski definition) is 13. The van der Waals surface area contributed by atoms with Gasteiger partial charge < -0.3 is 28.5 Å². The standard InChI is InChI=1S/C28H43N5O10SSi/c1-24(2,3)33(45)21(38)27(10,28(33,11)18(35)20(37)40-12)31-19(36)17(32-41-13-16(34)42-25(4,5)6)15-14-44-22(29-15)30-23(39)43-26(7,8)9/h14H,13H2,1-12,45H3,(H-,29,30,31,36,39)/p+1. The van der Waals surface area contributed by atoms with Crippen LogP contribution in [0.4, 0.5) is 9.93 Å². The number of esters is 2. The molecule has 0 aliphatic carbocycles. The molecule has 2 rings (SSSR count). The lowest BCUT2D eigenvalue weighted by Gasteiger charge is -2.68. The Bertz CT molecular complexity index is 1420. The van der Waals surface area contributed by atoms with Crippen LogP contribution >= 0.6 is 11.3 Å². The highest BCUT2D eigenvalue weighted by Crippen LogP contribution is 2.52. The van der Waals surface area contributed by atoms with Crippen molar-refractivity contribution in [3.05, 3.63) is 11.1 Å². The fraction of sp³-hybridized carbons (Fsp3) is 0.643. The van der Waals surface area contributed by atoms with Crippen LogP contribution in [0.5, 0.6) is 0 Å². The van der Waals surface area contributed by atoms with Crippen molar-refractivity contribution in [2.45, 2.75) is 104 Å². The number of methoxy groups -OCH3 is 1. The highest BCUT2D eigenvalue weighted by molar-refractivity contribution is 7.14. The number of carbonyl (C=O) groups is 6. The van der Waals surface area contributed by atoms with E-state index in [4.69, 9.17) is 19.0 Å². The molecular weight excluding hydrogens is 626 g/mol. The van der Waals surface area contributed by atoms with Crippen molar-refractivity contribution in [3.63, 3.8) is 0 Å². The molecular formula is C28H44N5O10SSi+. The van der Waals surface area contributed by atoms with Gasteiger partial charge in [-0.25, -0.2) is 24.2 Å². The van der Waals surface area contributed by atoms with E-state index < -0.39 is 79.9 Å². The Morgan fingerprint density at radius 3 is 2.04 bits per heavy atom. The Morgan fingerprint density at radius 1 is 1.00 bits per heavy atom. The second-order valence-corrected chi connectivity index (χ2v) is 16.1. The number of nitrogens with zero attached hydrogens (tertiary/aromatic N) is 3. The molecule has 45 heavy (non-hydrogen) atoms. The minimum atomic E-state index is -1.90. The number of anilines is 1. The summed E-state index contributed by atoms with van der Waals surface area (Å²) in [5.41, 5.74) is -6.65. The highest BCUT2D eigenvalue weighted by atomic mass is 32.1. The highest BCUT2D eigenvalue weighted by Gasteiger charge is 2.84. The zero-order valence-electron chi connectivity index (χ0n) is 28.1. The van der Waals surface area contributed by atoms with Crippen LogP contribution in [0, 0.1) is 0 Å². The number of ketones is 1. The molecule has 1 aliphatic rings. The number of ether oxygens (including phenoxy) is 3. The largest absolute Gasteiger partial charge is 0.463 e. The van der Waals surface area contributed by atoms with Crippen LogP contribution in [0.1, 0.15) is 81.9 Å². The summed E-state index contributed by atoms with van der Waals surface area (Å²) in [6.07, 6.45) is -0.791. The fourth-order valence-electron chi connectivity index (χ4n) is 4.97. The number of Topliss-reactive ketones (excluding diaryl/α,β-unsaturated/α-hetero) is 1. The maximum Gasteiger partial charge on any atom is 0.413 e. The SMILES string of the molecule is COC(=O)C(=O)C1(C)C(C)(NC(=O)C(=NOCC(=O)OC(C)(C)C)c2csc(NC(=O)OC(C)(C)C)n2)C(=O)[N+]1([SiH3])C(C)(C)C. The Kier molecular flexibility index (Phi) is 10.5. The lowest BCUT2D eigenvalue weighted by atomic mass is 9.63. The van der Waals surface area contributed by atoms with Gasteiger partial charge in [-0.1, -0.05) is 5.16 Å². The number of hydrogen-bond donors (Lipinski definition) is 2. The Balaban J connectivity index is 2.54. The van der Waals surface area contributed by atoms with E-state index >= 15 is 0 Å². The molecule has 1 saturated heterocycles. The van der Waals surface area contributed by atoms with Crippen LogP contribution in [-0.2, 0) is 43.0 Å². The zero-order chi connectivity index (χ0) is 35.0. The topological polar surface area (TPSA) is 189 Å². The maximum atomic E-state index is 13.9. The second-order valence-electron chi connectivity index (χ2n) is 13.9. The molecule has 17 heteroatoms. The van der Waals surface area contributed by atoms with Gasteiger partial charge in [-0.2, -0.15) is 0 Å². The monoisotopic (exact) mass is 670 g/mol. The molecule has 0 radical (unpaired) electrons. The molecule has 0 aromatic carbocycles. The van der Waals surface area contributed by atoms with Gasteiger partial charge in [0.15, 0.2) is 16.4 Å². The molecule has 3 unspecified atom stereocenters. The average Bonchev–Trinajstić information content (AvgIpc) is 3.33. The number of β-lactam (4-membered cyclic amide) rings is 1. The van der Waals surface area contributed by atoms with Crippen molar-refractivity contribution >= 4 is 68.2 Å². The molecule has 0 spiro atoms. The van der Waals surface area contributed by atoms with E-state index in [2.05, 4.69) is 20.8 Å². The molecule has 3 atom stereocenters. The summed E-state index contributed by atoms with van der Waals surface area (Å²) < 4.78 is 14.8. The van der Waals surface area contributed by atoms with Crippen molar-refractivity contribution in [2.75, 3.05) is 19.0 Å². The van der Waals surface area contributed by atoms with E-state index in [1.807, 2.05) is 0 Å². The van der Waals surface area contributed by atoms with Crippen LogP contribution in [0.2, 0.25) is 0 Å². The van der Waals surface area contributed by atoms with Gasteiger partial charge in [-0.15, -0.1) is 11.3 Å². The first-order chi connectivity index (χ1) is 20.2. The van der Waals surface area contributed by atoms with Crippen LogP contribution in [0.3, 0.4) is 0 Å². The van der Waals surface area contributed by atoms with Crippen LogP contribution in [0.25, 0.3) is 0 Å². The average molecular weight is 671 g/mol. The van der Waals surface area contributed by atoms with Crippen molar-refractivity contribution in [1.29, 1.82) is 0 Å². The third-order valence-corrected chi connectivity index (χ3v) is 10.9. The van der Waals surface area contributed by atoms with Gasteiger partial charge in [0.25, 0.3) is 5.91 Å². The molecule has 1 aromatic heterocycles. The Hall–Kier alpha value is -3.70. The molecule has 2 N–H and O–H groups in total. The molecule has 250 valence electrons. The molecule has 2 heterocycles. The molecule has 1 fully saturated rings. The summed E-state index contributed by atoms with van der Waals surface area (Å²) in [7, 11) is 1.16. The third kappa shape index (κ3) is 7.41. The number of amides is 3. The molecule has 0 bridgehead atoms. The number of aromatic nitrogens is 1. The minimum Gasteiger partial charge on any atom is -0.463 e. The molecule has 15 nitrogen and oxygen atoms in total. The Labute approximate surface area is 269 Å². The molecule has 3 amide bonds. The van der Waals surface area contributed by atoms with Crippen LogP contribution < -0.4 is 10.6 Å². The summed E-state index contributed by atoms with van der Waals surface area (Å²) in [5.74, 6) is -4.43. The van der Waals surface area contributed by atoms with Gasteiger partial charge in [-0.3, -0.25) is 14.9 Å². The third-order valence-electron chi connectivity index (χ3n) is 7.55. The first kappa shape index (κ1) is 37.5. The summed E-state index contributed by atoms with van der Waals surface area (Å²) in [6.45, 7) is 17.4. The van der Waals surface area contributed by atoms with Gasteiger partial charge in [0.1, 0.15) is 16.9 Å². The zero-order valence-corrected chi connectivity index (χ0v) is 30.9. The quantitative estimate of drug-likeness (QED) is 0.0734. The summed E-state index contributed by atoms with van der Waals surface area (Å²) in [5, 5.41) is 10.3. The van der Waals surface area contributed by atoms with Gasteiger partial charge in [0.2, 0.25) is 22.5 Å². The van der Waals surface area contributed by atoms with Gasteiger partial charge in [0.05, 0.1) is 12.6 Å². The minimum absolute atomic E-state index is 0.0477. The van der Waals surface area contributed by atoms with Gasteiger partial charge in [0, 0.05) is 12.3 Å². The van der Waals surface area contributed by atoms with Crippen molar-refractivity contribution < 1.29 is 52.0 Å². The maximum absolute atomic E-state index is 13.9. The lowest BCUT2D eigenvalue weighted by Crippen LogP contribution is -2.98. The van der Waals surface area contributed by atoms with Gasteiger partial charge >= 0.3 is 29.7 Å². The van der Waals surface area contributed by atoms with E-state index in [9.17, 15) is 28.8 Å². The molecule has 1 aliphatic heterocycles. The lowest BCUT2D eigenvalue weighted by molar-refractivity contribution is -0.873. The van der Waals surface area contributed by atoms with Crippen molar-refractivity contribution in [1.82, 2.24) is 10.3 Å². The second kappa shape index (κ2) is 12.6.